The lowest BCUT2D eigenvalue weighted by molar-refractivity contribution is -0.183. The summed E-state index contributed by atoms with van der Waals surface area (Å²) in [6, 6.07) is 0. The monoisotopic (exact) mass is 633 g/mol. The van der Waals surface area contributed by atoms with E-state index in [4.69, 9.17) is 14.2 Å². The van der Waals surface area contributed by atoms with Crippen LogP contribution in [0.5, 0.6) is 0 Å². The molecule has 7 heteroatoms. The third-order valence-corrected chi connectivity index (χ3v) is 14.0. The average molecular weight is 634 g/mol. The molecule has 1 aliphatic heterocycles. The highest BCUT2D eigenvalue weighted by Crippen LogP contribution is 2.75. The number of hydrogen-bond donors (Lipinski definition) is 0. The summed E-state index contributed by atoms with van der Waals surface area (Å²) in [5.74, 6) is 0.640. The fraction of sp³-hybridized carbons (Fsp3) is 0.718. The zero-order valence-corrected chi connectivity index (χ0v) is 29.5. The molecule has 252 valence electrons. The predicted molar refractivity (Wildman–Crippen MR) is 178 cm³/mol. The lowest BCUT2D eigenvalue weighted by Gasteiger charge is -2.70. The molecule has 0 aromatic rings. The van der Waals surface area contributed by atoms with E-state index >= 15 is 0 Å². The molecule has 0 spiro atoms. The van der Waals surface area contributed by atoms with Crippen molar-refractivity contribution in [1.29, 1.82) is 0 Å². The topological polar surface area (TPSA) is 82.1 Å². The van der Waals surface area contributed by atoms with Crippen molar-refractivity contribution in [3.8, 4) is 0 Å². The lowest BCUT2D eigenvalue weighted by Crippen LogP contribution is -2.62. The summed E-state index contributed by atoms with van der Waals surface area (Å²) in [6.07, 6.45) is 13.7. The molecule has 0 bridgehead atoms. The molecule has 7 nitrogen and oxygen atoms in total. The van der Waals surface area contributed by atoms with Gasteiger partial charge in [-0.15, -0.1) is 0 Å². The number of carbonyl (C=O) groups excluding carboxylic acids is 3. The van der Waals surface area contributed by atoms with Gasteiger partial charge in [0.2, 0.25) is 5.78 Å². The maximum Gasteiger partial charge on any atom is 0.415 e. The van der Waals surface area contributed by atoms with Crippen molar-refractivity contribution >= 4 is 17.8 Å². The molecule has 7 atom stereocenters. The number of ether oxygens (including phenoxy) is 3. The quantitative estimate of drug-likeness (QED) is 0.285. The molecule has 0 radical (unpaired) electrons. The van der Waals surface area contributed by atoms with Crippen LogP contribution in [0.15, 0.2) is 46.3 Å². The minimum absolute atomic E-state index is 0.00166. The van der Waals surface area contributed by atoms with Gasteiger partial charge in [-0.1, -0.05) is 65.7 Å². The number of nitrogens with zero attached hydrogens (tertiary/aromatic N) is 1. The van der Waals surface area contributed by atoms with Gasteiger partial charge in [0.15, 0.2) is 5.76 Å². The van der Waals surface area contributed by atoms with Crippen LogP contribution in [0.2, 0.25) is 0 Å². The summed E-state index contributed by atoms with van der Waals surface area (Å²) in [5, 5.41) is 0. The number of carbonyl (C=O) groups is 3. The molecule has 5 aliphatic carbocycles. The number of amides is 1. The molecule has 0 N–H and O–H groups in total. The Balaban J connectivity index is 1.32. The molecule has 1 unspecified atom stereocenters. The zero-order chi connectivity index (χ0) is 33.3. The molecule has 1 saturated heterocycles. The highest BCUT2D eigenvalue weighted by atomic mass is 16.6. The van der Waals surface area contributed by atoms with Gasteiger partial charge in [-0.2, -0.15) is 0 Å². The first-order valence-corrected chi connectivity index (χ1v) is 17.7. The molecule has 4 fully saturated rings. The first-order valence-electron chi connectivity index (χ1n) is 17.7. The second-order valence-electron chi connectivity index (χ2n) is 16.7. The standard InChI is InChI=1S/C39H55NO6/c1-9-25(2)24-45-33(42)36(5)13-12-35(4)14-16-38(7)30-11-10-27-26(3)32(46-34(43)40-18-20-44-21-19-40)29(41)22-28(27)37(30,6)15-17-39(38,8)31(35)23-36/h10-11,22,25,31H,9,12-21,23-24H2,1-8H3/t25?,31-,35-,36-,37+,38-,39+/m1/s1. The van der Waals surface area contributed by atoms with E-state index in [1.54, 1.807) is 11.0 Å². The molecule has 46 heavy (non-hydrogen) atoms. The van der Waals surface area contributed by atoms with Crippen LogP contribution in [0.25, 0.3) is 0 Å². The van der Waals surface area contributed by atoms with Crippen LogP contribution in [0.3, 0.4) is 0 Å². The minimum Gasteiger partial charge on any atom is -0.465 e. The van der Waals surface area contributed by atoms with E-state index in [2.05, 4.69) is 60.6 Å². The van der Waals surface area contributed by atoms with Crippen LogP contribution >= 0.6 is 0 Å². The van der Waals surface area contributed by atoms with E-state index in [1.165, 1.54) is 5.57 Å². The highest BCUT2D eigenvalue weighted by Gasteiger charge is 2.67. The summed E-state index contributed by atoms with van der Waals surface area (Å²) in [4.78, 5) is 41.8. The van der Waals surface area contributed by atoms with Gasteiger partial charge in [-0.3, -0.25) is 9.59 Å². The average Bonchev–Trinajstić information content (AvgIpc) is 3.04. The Kier molecular flexibility index (Phi) is 8.30. The maximum atomic E-state index is 13.7. The number of ketones is 1. The Morgan fingerprint density at radius 3 is 2.39 bits per heavy atom. The van der Waals surface area contributed by atoms with Gasteiger partial charge in [0.05, 0.1) is 25.2 Å². The summed E-state index contributed by atoms with van der Waals surface area (Å²) < 4.78 is 17.1. The third-order valence-electron chi connectivity index (χ3n) is 14.0. The molecule has 1 heterocycles. The second kappa shape index (κ2) is 11.5. The summed E-state index contributed by atoms with van der Waals surface area (Å²) in [6.45, 7) is 20.5. The number of hydrogen-bond acceptors (Lipinski definition) is 6. The van der Waals surface area contributed by atoms with Crippen LogP contribution in [0.4, 0.5) is 4.79 Å². The van der Waals surface area contributed by atoms with E-state index in [1.807, 2.05) is 6.92 Å². The van der Waals surface area contributed by atoms with Crippen LogP contribution < -0.4 is 0 Å². The molecule has 0 aromatic heterocycles. The Bertz CT molecular complexity index is 1450. The first kappa shape index (κ1) is 33.2. The van der Waals surface area contributed by atoms with Gasteiger partial charge in [-0.05, 0) is 104 Å². The van der Waals surface area contributed by atoms with Gasteiger partial charge in [0.25, 0.3) is 0 Å². The molecule has 6 rings (SSSR count). The van der Waals surface area contributed by atoms with Gasteiger partial charge in [0, 0.05) is 24.1 Å². The van der Waals surface area contributed by atoms with Crippen molar-refractivity contribution in [1.82, 2.24) is 4.90 Å². The molecular weight excluding hydrogens is 578 g/mol. The number of rotatable bonds is 5. The van der Waals surface area contributed by atoms with Crippen LogP contribution in [-0.2, 0) is 23.8 Å². The molecule has 1 amide bonds. The SMILES string of the molecule is CCC(C)COC(=O)[C@]1(C)CC[C@]2(C)CC[C@]3(C)C4=CC=C5C(=CC(=O)C(OC(=O)N6CCOCC6)=C5C)[C@]4(C)CC[C@@]3(C)[C@@H]2C1. The van der Waals surface area contributed by atoms with E-state index < -0.39 is 11.5 Å². The maximum absolute atomic E-state index is 13.7. The Labute approximate surface area is 275 Å². The number of esters is 1. The van der Waals surface area contributed by atoms with Crippen molar-refractivity contribution in [2.24, 2.45) is 38.9 Å². The largest absolute Gasteiger partial charge is 0.465 e. The van der Waals surface area contributed by atoms with E-state index in [0.717, 1.165) is 68.1 Å². The minimum atomic E-state index is -0.490. The molecule has 6 aliphatic rings. The van der Waals surface area contributed by atoms with Crippen molar-refractivity contribution in [3.05, 3.63) is 46.3 Å². The van der Waals surface area contributed by atoms with Crippen molar-refractivity contribution in [3.63, 3.8) is 0 Å². The smallest absolute Gasteiger partial charge is 0.415 e. The van der Waals surface area contributed by atoms with Crippen LogP contribution in [0.1, 0.15) is 107 Å². The number of morpholine rings is 1. The Morgan fingerprint density at radius 2 is 1.70 bits per heavy atom. The van der Waals surface area contributed by atoms with Crippen LogP contribution in [0, 0.1) is 38.9 Å². The molecular formula is C39H55NO6. The van der Waals surface area contributed by atoms with Gasteiger partial charge in [0.1, 0.15) is 0 Å². The van der Waals surface area contributed by atoms with Gasteiger partial charge in [-0.25, -0.2) is 4.79 Å². The molecule has 0 aromatic carbocycles. The Hall–Kier alpha value is -2.67. The number of fused-ring (bicyclic) bond motifs is 7. The highest BCUT2D eigenvalue weighted by molar-refractivity contribution is 6.08. The summed E-state index contributed by atoms with van der Waals surface area (Å²) in [7, 11) is 0. The fourth-order valence-electron chi connectivity index (χ4n) is 10.2. The third kappa shape index (κ3) is 4.97. The first-order chi connectivity index (χ1) is 21.6. The van der Waals surface area contributed by atoms with E-state index in [0.29, 0.717) is 44.7 Å². The van der Waals surface area contributed by atoms with Crippen molar-refractivity contribution in [2.45, 2.75) is 107 Å². The normalized spacial score (nSPS) is 39.5. The van der Waals surface area contributed by atoms with Crippen molar-refractivity contribution in [2.75, 3.05) is 32.9 Å². The zero-order valence-electron chi connectivity index (χ0n) is 29.5. The van der Waals surface area contributed by atoms with E-state index in [-0.39, 0.29) is 39.2 Å². The molecule has 3 saturated carbocycles. The van der Waals surface area contributed by atoms with Gasteiger partial charge < -0.3 is 19.1 Å². The second-order valence-corrected chi connectivity index (χ2v) is 16.7. The summed E-state index contributed by atoms with van der Waals surface area (Å²) >= 11 is 0. The number of allylic oxidation sites excluding steroid dienone is 7. The van der Waals surface area contributed by atoms with E-state index in [9.17, 15) is 14.4 Å². The Morgan fingerprint density at radius 1 is 1.00 bits per heavy atom. The fourth-order valence-corrected chi connectivity index (χ4v) is 10.2. The van der Waals surface area contributed by atoms with Gasteiger partial charge >= 0.3 is 12.1 Å². The summed E-state index contributed by atoms with van der Waals surface area (Å²) in [5.41, 5.74) is 3.52. The van der Waals surface area contributed by atoms with Crippen molar-refractivity contribution < 1.29 is 28.6 Å². The van der Waals surface area contributed by atoms with Crippen LogP contribution in [-0.4, -0.2) is 55.7 Å². The lowest BCUT2D eigenvalue weighted by atomic mass is 9.34. The predicted octanol–water partition coefficient (Wildman–Crippen LogP) is 8.11.